The van der Waals surface area contributed by atoms with Crippen molar-refractivity contribution in [1.82, 2.24) is 0 Å². The van der Waals surface area contributed by atoms with Crippen LogP contribution in [0.15, 0.2) is 0 Å². The van der Waals surface area contributed by atoms with Gasteiger partial charge in [-0.25, -0.2) is 0 Å². The van der Waals surface area contributed by atoms with Crippen molar-refractivity contribution in [3.8, 4) is 0 Å². The van der Waals surface area contributed by atoms with Crippen LogP contribution >= 0.6 is 0 Å². The summed E-state index contributed by atoms with van der Waals surface area (Å²) in [6, 6.07) is 0. The van der Waals surface area contributed by atoms with E-state index in [1.807, 2.05) is 0 Å². The first-order chi connectivity index (χ1) is 7.86. The van der Waals surface area contributed by atoms with Crippen molar-refractivity contribution in [2.45, 2.75) is 83.2 Å². The lowest BCUT2D eigenvalue weighted by Gasteiger charge is -2.28. The van der Waals surface area contributed by atoms with E-state index in [1.165, 1.54) is 70.6 Å². The Bertz CT molecular complexity index is 176. The van der Waals surface area contributed by atoms with Gasteiger partial charge in [0.15, 0.2) is 0 Å². The van der Waals surface area contributed by atoms with Gasteiger partial charge in [-0.05, 0) is 31.1 Å². The lowest BCUT2D eigenvalue weighted by atomic mass is 9.81. The highest BCUT2D eigenvalue weighted by Gasteiger charge is 2.24. The molecule has 94 valence electrons. The van der Waals surface area contributed by atoms with Crippen LogP contribution in [-0.2, 0) is 0 Å². The Labute approximate surface area is 101 Å². The molecule has 2 rings (SSSR count). The lowest BCUT2D eigenvalue weighted by Crippen LogP contribution is -2.24. The second kappa shape index (κ2) is 6.64. The summed E-state index contributed by atoms with van der Waals surface area (Å²) in [4.78, 5) is 0. The molecule has 2 saturated carbocycles. The van der Waals surface area contributed by atoms with E-state index in [0.29, 0.717) is 5.92 Å². The number of rotatable bonds is 3. The Balaban J connectivity index is 1.74. The fourth-order valence-electron chi connectivity index (χ4n) is 3.65. The largest absolute Gasteiger partial charge is 0.393 e. The summed E-state index contributed by atoms with van der Waals surface area (Å²) in [6.07, 6.45) is 16.2. The third-order valence-corrected chi connectivity index (χ3v) is 4.74. The van der Waals surface area contributed by atoms with Gasteiger partial charge in [0, 0.05) is 0 Å². The van der Waals surface area contributed by atoms with Gasteiger partial charge in [0.1, 0.15) is 0 Å². The van der Waals surface area contributed by atoms with Crippen LogP contribution in [0.5, 0.6) is 0 Å². The zero-order chi connectivity index (χ0) is 11.2. The normalized spacial score (nSPS) is 27.6. The van der Waals surface area contributed by atoms with E-state index in [2.05, 4.69) is 0 Å². The minimum Gasteiger partial charge on any atom is -0.393 e. The van der Waals surface area contributed by atoms with E-state index in [0.717, 1.165) is 12.3 Å². The summed E-state index contributed by atoms with van der Waals surface area (Å²) in [5.74, 6) is 1.47. The summed E-state index contributed by atoms with van der Waals surface area (Å²) in [7, 11) is 0. The van der Waals surface area contributed by atoms with Crippen LogP contribution in [-0.4, -0.2) is 11.2 Å². The summed E-state index contributed by atoms with van der Waals surface area (Å²) in [6.45, 7) is 0. The smallest absolute Gasteiger partial charge is 0.0571 e. The number of aliphatic hydroxyl groups excluding tert-OH is 1. The van der Waals surface area contributed by atoms with E-state index in [1.54, 1.807) is 0 Å². The molecule has 0 amide bonds. The van der Waals surface area contributed by atoms with Crippen LogP contribution in [0.1, 0.15) is 77.0 Å². The molecular formula is C15H28O. The maximum absolute atomic E-state index is 10.4. The van der Waals surface area contributed by atoms with Crippen LogP contribution < -0.4 is 0 Å². The van der Waals surface area contributed by atoms with Crippen LogP contribution in [0.4, 0.5) is 0 Å². The molecule has 0 saturated heterocycles. The molecule has 0 radical (unpaired) electrons. The molecule has 1 nitrogen and oxygen atoms in total. The first-order valence-electron chi connectivity index (χ1n) is 7.54. The highest BCUT2D eigenvalue weighted by atomic mass is 16.3. The van der Waals surface area contributed by atoms with Crippen molar-refractivity contribution in [1.29, 1.82) is 0 Å². The molecule has 0 heterocycles. The fourth-order valence-corrected chi connectivity index (χ4v) is 3.65. The van der Waals surface area contributed by atoms with Crippen LogP contribution in [0, 0.1) is 11.8 Å². The zero-order valence-corrected chi connectivity index (χ0v) is 10.7. The standard InChI is InChI=1S/C15H28O/c16-15(12-13-8-4-3-5-9-13)14-10-6-1-2-7-11-14/h13-16H,1-12H2. The van der Waals surface area contributed by atoms with Crippen molar-refractivity contribution >= 4 is 0 Å². The van der Waals surface area contributed by atoms with Gasteiger partial charge in [0.2, 0.25) is 0 Å². The molecule has 2 aliphatic rings. The van der Waals surface area contributed by atoms with Gasteiger partial charge < -0.3 is 5.11 Å². The van der Waals surface area contributed by atoms with Gasteiger partial charge >= 0.3 is 0 Å². The van der Waals surface area contributed by atoms with Crippen LogP contribution in [0.3, 0.4) is 0 Å². The highest BCUT2D eigenvalue weighted by molar-refractivity contribution is 4.76. The Kier molecular flexibility index (Phi) is 5.15. The van der Waals surface area contributed by atoms with Gasteiger partial charge in [-0.1, -0.05) is 57.8 Å². The monoisotopic (exact) mass is 224 g/mol. The van der Waals surface area contributed by atoms with Crippen molar-refractivity contribution in [3.05, 3.63) is 0 Å². The van der Waals surface area contributed by atoms with Gasteiger partial charge in [-0.3, -0.25) is 0 Å². The predicted molar refractivity (Wildman–Crippen MR) is 68.4 cm³/mol. The average molecular weight is 224 g/mol. The van der Waals surface area contributed by atoms with Crippen LogP contribution in [0.25, 0.3) is 0 Å². The van der Waals surface area contributed by atoms with Crippen molar-refractivity contribution in [2.75, 3.05) is 0 Å². The first kappa shape index (κ1) is 12.4. The molecule has 2 fully saturated rings. The molecule has 0 aromatic heterocycles. The van der Waals surface area contributed by atoms with Gasteiger partial charge in [0.25, 0.3) is 0 Å². The van der Waals surface area contributed by atoms with Gasteiger partial charge in [-0.2, -0.15) is 0 Å². The van der Waals surface area contributed by atoms with Crippen LogP contribution in [0.2, 0.25) is 0 Å². The molecule has 0 aromatic carbocycles. The Hall–Kier alpha value is -0.0400. The minimum absolute atomic E-state index is 0.0150. The third-order valence-electron chi connectivity index (χ3n) is 4.74. The SMILES string of the molecule is OC(CC1CCCCC1)C1CCCCCC1. The predicted octanol–water partition coefficient (Wildman–Crippen LogP) is 4.29. The highest BCUT2D eigenvalue weighted by Crippen LogP contribution is 2.32. The molecule has 0 spiro atoms. The average Bonchev–Trinajstić information content (AvgIpc) is 2.59. The quantitative estimate of drug-likeness (QED) is 0.709. The summed E-state index contributed by atoms with van der Waals surface area (Å²) >= 11 is 0. The number of hydrogen-bond acceptors (Lipinski definition) is 1. The second-order valence-electron chi connectivity index (χ2n) is 6.06. The van der Waals surface area contributed by atoms with E-state index < -0.39 is 0 Å². The van der Waals surface area contributed by atoms with E-state index >= 15 is 0 Å². The molecule has 1 atom stereocenters. The third kappa shape index (κ3) is 3.76. The van der Waals surface area contributed by atoms with Crippen molar-refractivity contribution in [2.24, 2.45) is 11.8 Å². The molecule has 0 aliphatic heterocycles. The molecule has 1 heteroatoms. The Morgan fingerprint density at radius 2 is 1.25 bits per heavy atom. The number of hydrogen-bond donors (Lipinski definition) is 1. The summed E-state index contributed by atoms with van der Waals surface area (Å²) in [5.41, 5.74) is 0. The lowest BCUT2D eigenvalue weighted by molar-refractivity contribution is 0.0668. The summed E-state index contributed by atoms with van der Waals surface area (Å²) in [5, 5.41) is 10.4. The van der Waals surface area contributed by atoms with Crippen molar-refractivity contribution < 1.29 is 5.11 Å². The maximum atomic E-state index is 10.4. The second-order valence-corrected chi connectivity index (χ2v) is 6.06. The van der Waals surface area contributed by atoms with E-state index in [9.17, 15) is 5.11 Å². The molecule has 0 bridgehead atoms. The number of aliphatic hydroxyl groups is 1. The molecule has 2 aliphatic carbocycles. The molecular weight excluding hydrogens is 196 g/mol. The van der Waals surface area contributed by atoms with E-state index in [-0.39, 0.29) is 6.10 Å². The molecule has 0 aromatic rings. The Morgan fingerprint density at radius 3 is 1.88 bits per heavy atom. The zero-order valence-electron chi connectivity index (χ0n) is 10.7. The topological polar surface area (TPSA) is 20.2 Å². The van der Waals surface area contributed by atoms with E-state index in [4.69, 9.17) is 0 Å². The fraction of sp³-hybridized carbons (Fsp3) is 1.00. The molecule has 1 N–H and O–H groups in total. The van der Waals surface area contributed by atoms with Crippen molar-refractivity contribution in [3.63, 3.8) is 0 Å². The van der Waals surface area contributed by atoms with Gasteiger partial charge in [0.05, 0.1) is 6.10 Å². The first-order valence-corrected chi connectivity index (χ1v) is 7.54. The maximum Gasteiger partial charge on any atom is 0.0571 e. The minimum atomic E-state index is 0.0150. The molecule has 16 heavy (non-hydrogen) atoms. The van der Waals surface area contributed by atoms with Gasteiger partial charge in [-0.15, -0.1) is 0 Å². The summed E-state index contributed by atoms with van der Waals surface area (Å²) < 4.78 is 0. The molecule has 1 unspecified atom stereocenters. The Morgan fingerprint density at radius 1 is 0.750 bits per heavy atom.